The Morgan fingerprint density at radius 1 is 1.32 bits per heavy atom. The van der Waals surface area contributed by atoms with Crippen molar-refractivity contribution in [3.63, 3.8) is 0 Å². The number of nitrogens with one attached hydrogen (secondary N) is 1. The van der Waals surface area contributed by atoms with Crippen molar-refractivity contribution in [1.29, 1.82) is 0 Å². The first-order valence-electron chi connectivity index (χ1n) is 6.36. The maximum absolute atomic E-state index is 12.3. The molecule has 1 aromatic carbocycles. The van der Waals surface area contributed by atoms with Gasteiger partial charge in [0.15, 0.2) is 0 Å². The summed E-state index contributed by atoms with van der Waals surface area (Å²) in [6.45, 7) is 3.83. The Hall–Kier alpha value is -1.26. The van der Waals surface area contributed by atoms with Gasteiger partial charge in [-0.05, 0) is 50.6 Å². The van der Waals surface area contributed by atoms with Gasteiger partial charge in [-0.2, -0.15) is 0 Å². The number of phenols is 1. The van der Waals surface area contributed by atoms with E-state index in [1.54, 1.807) is 12.1 Å². The van der Waals surface area contributed by atoms with Crippen LogP contribution in [0.4, 0.5) is 0 Å². The van der Waals surface area contributed by atoms with E-state index >= 15 is 0 Å². The minimum Gasteiger partial charge on any atom is -0.508 e. The van der Waals surface area contributed by atoms with Crippen LogP contribution < -0.4 is 5.32 Å². The second-order valence-corrected chi connectivity index (χ2v) is 4.60. The first-order chi connectivity index (χ1) is 8.69. The normalized spacial score (nSPS) is 17.3. The Kier molecular flexibility index (Phi) is 5.63. The molecule has 106 valence electrons. The number of halogens is 1. The molecule has 0 spiro atoms. The molecule has 4 nitrogen and oxygen atoms in total. The number of carbonyl (C=O) groups is 1. The molecule has 5 heteroatoms. The third-order valence-electron chi connectivity index (χ3n) is 3.54. The zero-order valence-electron chi connectivity index (χ0n) is 11.0. The lowest BCUT2D eigenvalue weighted by molar-refractivity contribution is -0.151. The Morgan fingerprint density at radius 2 is 1.89 bits per heavy atom. The number of rotatable bonds is 3. The van der Waals surface area contributed by atoms with E-state index in [1.165, 1.54) is 0 Å². The molecule has 0 aromatic heterocycles. The van der Waals surface area contributed by atoms with Crippen LogP contribution in [0.15, 0.2) is 24.3 Å². The summed E-state index contributed by atoms with van der Waals surface area (Å²) in [6, 6.07) is 6.88. The number of benzene rings is 1. The minimum atomic E-state index is -0.561. The molecule has 2 N–H and O–H groups in total. The number of esters is 1. The highest BCUT2D eigenvalue weighted by molar-refractivity contribution is 5.85. The first-order valence-corrected chi connectivity index (χ1v) is 6.36. The summed E-state index contributed by atoms with van der Waals surface area (Å²) in [6.07, 6.45) is 1.47. The molecule has 0 aliphatic carbocycles. The highest BCUT2D eigenvalue weighted by Gasteiger charge is 2.42. The van der Waals surface area contributed by atoms with E-state index in [4.69, 9.17) is 4.74 Å². The quantitative estimate of drug-likeness (QED) is 0.834. The van der Waals surface area contributed by atoms with E-state index in [2.05, 4.69) is 5.32 Å². The molecule has 1 aliphatic rings. The summed E-state index contributed by atoms with van der Waals surface area (Å²) >= 11 is 0. The lowest BCUT2D eigenvalue weighted by Crippen LogP contribution is -2.46. The Bertz CT molecular complexity index is 413. The fourth-order valence-electron chi connectivity index (χ4n) is 2.51. The lowest BCUT2D eigenvalue weighted by atomic mass is 9.73. The SMILES string of the molecule is CCOC(=O)C1(c2ccc(O)cc2)CCNCC1.Cl. The molecule has 0 saturated carbocycles. The maximum Gasteiger partial charge on any atom is 0.316 e. The van der Waals surface area contributed by atoms with E-state index in [1.807, 2.05) is 19.1 Å². The predicted octanol–water partition coefficient (Wildman–Crippen LogP) is 2.00. The van der Waals surface area contributed by atoms with E-state index in [0.29, 0.717) is 6.61 Å². The van der Waals surface area contributed by atoms with Crippen LogP contribution in [0.2, 0.25) is 0 Å². The van der Waals surface area contributed by atoms with Gasteiger partial charge in [-0.15, -0.1) is 12.4 Å². The van der Waals surface area contributed by atoms with Crippen molar-refractivity contribution in [2.75, 3.05) is 19.7 Å². The summed E-state index contributed by atoms with van der Waals surface area (Å²) in [5.41, 5.74) is 0.370. The van der Waals surface area contributed by atoms with Gasteiger partial charge in [0.2, 0.25) is 0 Å². The van der Waals surface area contributed by atoms with Gasteiger partial charge in [0.25, 0.3) is 0 Å². The largest absolute Gasteiger partial charge is 0.508 e. The van der Waals surface area contributed by atoms with Crippen molar-refractivity contribution in [2.45, 2.75) is 25.2 Å². The number of carbonyl (C=O) groups excluding carboxylic acids is 1. The summed E-state index contributed by atoms with van der Waals surface area (Å²) < 4.78 is 5.24. The Balaban J connectivity index is 0.00000180. The molecule has 0 atom stereocenters. The van der Waals surface area contributed by atoms with Crippen molar-refractivity contribution in [3.8, 4) is 5.75 Å². The van der Waals surface area contributed by atoms with E-state index in [9.17, 15) is 9.90 Å². The van der Waals surface area contributed by atoms with Gasteiger partial charge in [0.1, 0.15) is 5.75 Å². The smallest absolute Gasteiger partial charge is 0.316 e. The van der Waals surface area contributed by atoms with Crippen LogP contribution in [-0.2, 0) is 14.9 Å². The van der Waals surface area contributed by atoms with Crippen LogP contribution >= 0.6 is 12.4 Å². The van der Waals surface area contributed by atoms with Crippen molar-refractivity contribution in [2.24, 2.45) is 0 Å². The average molecular weight is 286 g/mol. The van der Waals surface area contributed by atoms with Crippen LogP contribution in [0, 0.1) is 0 Å². The van der Waals surface area contributed by atoms with Gasteiger partial charge in [-0.25, -0.2) is 0 Å². The Labute approximate surface area is 119 Å². The summed E-state index contributed by atoms with van der Waals surface area (Å²) in [4.78, 5) is 12.3. The minimum absolute atomic E-state index is 0. The molecule has 1 saturated heterocycles. The van der Waals surface area contributed by atoms with Gasteiger partial charge < -0.3 is 15.2 Å². The molecule has 19 heavy (non-hydrogen) atoms. The van der Waals surface area contributed by atoms with Gasteiger partial charge >= 0.3 is 5.97 Å². The summed E-state index contributed by atoms with van der Waals surface area (Å²) in [5.74, 6) is 0.0592. The monoisotopic (exact) mass is 285 g/mol. The van der Waals surface area contributed by atoms with E-state index < -0.39 is 5.41 Å². The van der Waals surface area contributed by atoms with Gasteiger partial charge in [0, 0.05) is 0 Å². The van der Waals surface area contributed by atoms with Crippen molar-refractivity contribution < 1.29 is 14.6 Å². The highest BCUT2D eigenvalue weighted by atomic mass is 35.5. The molecule has 1 heterocycles. The van der Waals surface area contributed by atoms with Gasteiger partial charge in [-0.1, -0.05) is 12.1 Å². The number of piperidine rings is 1. The lowest BCUT2D eigenvalue weighted by Gasteiger charge is -2.35. The second-order valence-electron chi connectivity index (χ2n) is 4.60. The molecule has 1 aromatic rings. The van der Waals surface area contributed by atoms with Crippen molar-refractivity contribution >= 4 is 18.4 Å². The molecule has 0 amide bonds. The molecule has 1 fully saturated rings. The molecule has 1 aliphatic heterocycles. The highest BCUT2D eigenvalue weighted by Crippen LogP contribution is 2.35. The summed E-state index contributed by atoms with van der Waals surface area (Å²) in [7, 11) is 0. The Morgan fingerprint density at radius 3 is 2.42 bits per heavy atom. The third kappa shape index (κ3) is 3.19. The zero-order chi connectivity index (χ0) is 13.0. The number of hydrogen-bond donors (Lipinski definition) is 2. The predicted molar refractivity (Wildman–Crippen MR) is 75.8 cm³/mol. The molecule has 0 unspecified atom stereocenters. The number of phenolic OH excluding ortho intramolecular Hbond substituents is 1. The third-order valence-corrected chi connectivity index (χ3v) is 3.54. The fourth-order valence-corrected chi connectivity index (χ4v) is 2.51. The maximum atomic E-state index is 12.3. The number of hydrogen-bond acceptors (Lipinski definition) is 4. The average Bonchev–Trinajstić information content (AvgIpc) is 2.40. The number of aromatic hydroxyl groups is 1. The molecule has 2 rings (SSSR count). The molecule has 0 radical (unpaired) electrons. The zero-order valence-corrected chi connectivity index (χ0v) is 11.8. The first kappa shape index (κ1) is 15.8. The van der Waals surface area contributed by atoms with E-state index in [-0.39, 0.29) is 24.1 Å². The molecular weight excluding hydrogens is 266 g/mol. The topological polar surface area (TPSA) is 58.6 Å². The van der Waals surface area contributed by atoms with Crippen LogP contribution in [0.25, 0.3) is 0 Å². The van der Waals surface area contributed by atoms with Crippen molar-refractivity contribution in [1.82, 2.24) is 5.32 Å². The van der Waals surface area contributed by atoms with Gasteiger partial charge in [0.05, 0.1) is 12.0 Å². The number of ether oxygens (including phenoxy) is 1. The molecular formula is C14H20ClNO3. The fraction of sp³-hybridized carbons (Fsp3) is 0.500. The van der Waals surface area contributed by atoms with Crippen molar-refractivity contribution in [3.05, 3.63) is 29.8 Å². The van der Waals surface area contributed by atoms with E-state index in [0.717, 1.165) is 31.5 Å². The second kappa shape index (κ2) is 6.78. The molecule has 0 bridgehead atoms. The summed E-state index contributed by atoms with van der Waals surface area (Å²) in [5, 5.41) is 12.6. The van der Waals surface area contributed by atoms with Gasteiger partial charge in [-0.3, -0.25) is 4.79 Å². The van der Waals surface area contributed by atoms with Crippen LogP contribution in [0.1, 0.15) is 25.3 Å². The van der Waals surface area contributed by atoms with Crippen LogP contribution in [0.5, 0.6) is 5.75 Å². The van der Waals surface area contributed by atoms with Crippen LogP contribution in [-0.4, -0.2) is 30.8 Å². The van der Waals surface area contributed by atoms with Crippen LogP contribution in [0.3, 0.4) is 0 Å². The standard InChI is InChI=1S/C14H19NO3.ClH/c1-2-18-13(17)14(7-9-15-10-8-14)11-3-5-12(16)6-4-11;/h3-6,15-16H,2,7-10H2,1H3;1H.